The smallest absolute Gasteiger partial charge is 0.251 e. The predicted molar refractivity (Wildman–Crippen MR) is 54.5 cm³/mol. The van der Waals surface area contributed by atoms with E-state index in [0.29, 0.717) is 11.3 Å². The van der Waals surface area contributed by atoms with Gasteiger partial charge >= 0.3 is 0 Å². The van der Waals surface area contributed by atoms with Gasteiger partial charge in [-0.2, -0.15) is 5.26 Å². The van der Waals surface area contributed by atoms with Crippen molar-refractivity contribution in [1.82, 2.24) is 0 Å². The molecule has 1 aromatic rings. The van der Waals surface area contributed by atoms with Crippen molar-refractivity contribution >= 4 is 0 Å². The fourth-order valence-electron chi connectivity index (χ4n) is 2.09. The Morgan fingerprint density at radius 2 is 1.81 bits per heavy atom. The highest BCUT2D eigenvalue weighted by Gasteiger charge is 2.57. The largest absolute Gasteiger partial charge is 0.497 e. The second-order valence-corrected chi connectivity index (χ2v) is 4.13. The minimum atomic E-state index is -2.70. The summed E-state index contributed by atoms with van der Waals surface area (Å²) in [5.41, 5.74) is -0.378. The van der Waals surface area contributed by atoms with Crippen LogP contribution in [0.2, 0.25) is 0 Å². The number of nitriles is 1. The molecule has 0 saturated heterocycles. The first kappa shape index (κ1) is 10.9. The molecule has 1 saturated carbocycles. The van der Waals surface area contributed by atoms with Gasteiger partial charge in [0, 0.05) is 12.8 Å². The van der Waals surface area contributed by atoms with E-state index in [2.05, 4.69) is 0 Å². The maximum atomic E-state index is 12.9. The number of nitrogens with zero attached hydrogens (tertiary/aromatic N) is 1. The number of methoxy groups -OCH3 is 1. The third-order valence-electron chi connectivity index (χ3n) is 2.98. The van der Waals surface area contributed by atoms with Gasteiger partial charge in [-0.1, -0.05) is 12.1 Å². The van der Waals surface area contributed by atoms with Gasteiger partial charge < -0.3 is 4.74 Å². The van der Waals surface area contributed by atoms with E-state index in [1.807, 2.05) is 6.07 Å². The van der Waals surface area contributed by atoms with Crippen LogP contribution in [0, 0.1) is 11.3 Å². The second-order valence-electron chi connectivity index (χ2n) is 4.13. The van der Waals surface area contributed by atoms with Gasteiger partial charge in [0.05, 0.1) is 18.6 Å². The Balaban J connectivity index is 2.27. The first-order valence-corrected chi connectivity index (χ1v) is 4.95. The molecule has 1 aliphatic rings. The monoisotopic (exact) mass is 223 g/mol. The van der Waals surface area contributed by atoms with E-state index in [1.54, 1.807) is 24.3 Å². The fourth-order valence-corrected chi connectivity index (χ4v) is 2.09. The number of ether oxygens (including phenoxy) is 1. The molecule has 0 spiro atoms. The number of hydrogen-bond donors (Lipinski definition) is 0. The molecular weight excluding hydrogens is 212 g/mol. The maximum Gasteiger partial charge on any atom is 0.251 e. The Bertz CT molecular complexity index is 425. The summed E-state index contributed by atoms with van der Waals surface area (Å²) in [5.74, 6) is -2.04. The summed E-state index contributed by atoms with van der Waals surface area (Å²) in [4.78, 5) is 0. The summed E-state index contributed by atoms with van der Waals surface area (Å²) in [7, 11) is 1.53. The van der Waals surface area contributed by atoms with E-state index < -0.39 is 11.3 Å². The molecule has 4 heteroatoms. The zero-order valence-corrected chi connectivity index (χ0v) is 8.84. The molecule has 0 unspecified atom stereocenters. The van der Waals surface area contributed by atoms with Crippen molar-refractivity contribution in [3.8, 4) is 11.8 Å². The summed E-state index contributed by atoms with van der Waals surface area (Å²) in [5, 5.41) is 9.03. The Hall–Kier alpha value is -1.63. The highest BCUT2D eigenvalue weighted by molar-refractivity contribution is 5.40. The Labute approximate surface area is 92.5 Å². The van der Waals surface area contributed by atoms with Crippen LogP contribution in [0.3, 0.4) is 0 Å². The van der Waals surface area contributed by atoms with Crippen molar-refractivity contribution in [2.24, 2.45) is 0 Å². The van der Waals surface area contributed by atoms with Crippen LogP contribution in [0.25, 0.3) is 0 Å². The molecule has 1 aromatic carbocycles. The predicted octanol–water partition coefficient (Wildman–Crippen LogP) is 2.89. The highest BCUT2D eigenvalue weighted by atomic mass is 19.3. The summed E-state index contributed by atoms with van der Waals surface area (Å²) in [6.45, 7) is 0. The molecule has 0 heterocycles. The third kappa shape index (κ3) is 1.63. The lowest BCUT2D eigenvalue weighted by molar-refractivity contribution is -0.109. The van der Waals surface area contributed by atoms with Crippen LogP contribution in [-0.4, -0.2) is 13.0 Å². The van der Waals surface area contributed by atoms with Crippen LogP contribution >= 0.6 is 0 Å². The highest BCUT2D eigenvalue weighted by Crippen LogP contribution is 2.53. The number of rotatable bonds is 2. The average Bonchev–Trinajstić information content (AvgIpc) is 2.25. The van der Waals surface area contributed by atoms with Crippen LogP contribution in [0.4, 0.5) is 8.78 Å². The van der Waals surface area contributed by atoms with E-state index in [9.17, 15) is 8.78 Å². The molecular formula is C12H11F2NO. The molecule has 0 aromatic heterocycles. The quantitative estimate of drug-likeness (QED) is 0.772. The summed E-state index contributed by atoms with van der Waals surface area (Å²) in [6.07, 6.45) is -0.772. The Morgan fingerprint density at radius 1 is 1.25 bits per heavy atom. The number of benzene rings is 1. The summed E-state index contributed by atoms with van der Waals surface area (Å²) >= 11 is 0. The summed E-state index contributed by atoms with van der Waals surface area (Å²) < 4.78 is 30.7. The normalized spacial score (nSPS) is 20.6. The van der Waals surface area contributed by atoms with E-state index in [1.165, 1.54) is 7.11 Å². The second kappa shape index (κ2) is 3.44. The molecule has 0 atom stereocenters. The molecule has 16 heavy (non-hydrogen) atoms. The fraction of sp³-hybridized carbons (Fsp3) is 0.417. The molecule has 2 nitrogen and oxygen atoms in total. The average molecular weight is 223 g/mol. The lowest BCUT2D eigenvalue weighted by atomic mass is 9.63. The van der Waals surface area contributed by atoms with Crippen molar-refractivity contribution in [3.05, 3.63) is 29.8 Å². The van der Waals surface area contributed by atoms with Crippen molar-refractivity contribution in [2.45, 2.75) is 24.2 Å². The third-order valence-corrected chi connectivity index (χ3v) is 2.98. The van der Waals surface area contributed by atoms with E-state index in [0.717, 1.165) is 0 Å². The zero-order chi connectivity index (χ0) is 11.8. The Kier molecular flexibility index (Phi) is 2.34. The van der Waals surface area contributed by atoms with Crippen LogP contribution in [0.5, 0.6) is 5.75 Å². The molecule has 0 amide bonds. The van der Waals surface area contributed by atoms with Gasteiger partial charge in [-0.3, -0.25) is 0 Å². The van der Waals surface area contributed by atoms with Gasteiger partial charge in [-0.15, -0.1) is 0 Å². The van der Waals surface area contributed by atoms with Gasteiger partial charge in [0.2, 0.25) is 0 Å². The number of alkyl halides is 2. The van der Waals surface area contributed by atoms with Gasteiger partial charge in [0.25, 0.3) is 5.92 Å². The van der Waals surface area contributed by atoms with Gasteiger partial charge in [-0.05, 0) is 17.7 Å². The topological polar surface area (TPSA) is 33.0 Å². The van der Waals surface area contributed by atoms with Gasteiger partial charge in [-0.25, -0.2) is 8.78 Å². The number of hydrogen-bond acceptors (Lipinski definition) is 2. The van der Waals surface area contributed by atoms with Gasteiger partial charge in [0.1, 0.15) is 5.75 Å². The molecule has 0 aliphatic heterocycles. The summed E-state index contributed by atoms with van der Waals surface area (Å²) in [6, 6.07) is 8.73. The van der Waals surface area contributed by atoms with Crippen LogP contribution in [0.15, 0.2) is 24.3 Å². The van der Waals surface area contributed by atoms with Crippen LogP contribution in [-0.2, 0) is 5.41 Å². The van der Waals surface area contributed by atoms with Crippen molar-refractivity contribution in [1.29, 1.82) is 5.26 Å². The molecule has 2 rings (SSSR count). The first-order valence-electron chi connectivity index (χ1n) is 4.95. The SMILES string of the molecule is COc1ccc(C2(C#N)CC(F)(F)C2)cc1. The van der Waals surface area contributed by atoms with E-state index >= 15 is 0 Å². The molecule has 0 N–H and O–H groups in total. The van der Waals surface area contributed by atoms with Crippen LogP contribution < -0.4 is 4.74 Å². The van der Waals surface area contributed by atoms with E-state index in [-0.39, 0.29) is 12.8 Å². The van der Waals surface area contributed by atoms with Gasteiger partial charge in [0.15, 0.2) is 0 Å². The molecule has 1 aliphatic carbocycles. The molecule has 84 valence electrons. The van der Waals surface area contributed by atoms with Crippen LogP contribution in [0.1, 0.15) is 18.4 Å². The molecule has 0 radical (unpaired) electrons. The van der Waals surface area contributed by atoms with Crippen molar-refractivity contribution in [2.75, 3.05) is 7.11 Å². The zero-order valence-electron chi connectivity index (χ0n) is 8.84. The number of halogens is 2. The van der Waals surface area contributed by atoms with Crippen molar-refractivity contribution in [3.63, 3.8) is 0 Å². The first-order chi connectivity index (χ1) is 7.51. The van der Waals surface area contributed by atoms with Crippen molar-refractivity contribution < 1.29 is 13.5 Å². The molecule has 0 bridgehead atoms. The lowest BCUT2D eigenvalue weighted by Crippen LogP contribution is -2.48. The molecule has 1 fully saturated rings. The van der Waals surface area contributed by atoms with E-state index in [4.69, 9.17) is 10.00 Å². The maximum absolute atomic E-state index is 12.9. The minimum Gasteiger partial charge on any atom is -0.497 e. The Morgan fingerprint density at radius 3 is 2.19 bits per heavy atom. The minimum absolute atomic E-state index is 0.386. The lowest BCUT2D eigenvalue weighted by Gasteiger charge is -2.42. The standard InChI is InChI=1S/C12H11F2NO/c1-16-10-4-2-9(3-5-10)11(8-15)6-12(13,14)7-11/h2-5H,6-7H2,1H3.